The van der Waals surface area contributed by atoms with E-state index in [0.717, 1.165) is 5.56 Å². The highest BCUT2D eigenvalue weighted by Gasteiger charge is 2.15. The fraction of sp³-hybridized carbons (Fsp3) is 0.263. The molecule has 0 atom stereocenters. The molecule has 3 rings (SSSR count). The van der Waals surface area contributed by atoms with E-state index in [1.54, 1.807) is 18.2 Å². The highest BCUT2D eigenvalue weighted by Crippen LogP contribution is 2.29. The number of rotatable bonds is 5. The van der Waals surface area contributed by atoms with Crippen molar-refractivity contribution in [3.8, 4) is 11.5 Å². The van der Waals surface area contributed by atoms with Crippen LogP contribution in [-0.2, 0) is 16.0 Å². The van der Waals surface area contributed by atoms with Gasteiger partial charge in [0.15, 0.2) is 0 Å². The van der Waals surface area contributed by atoms with Gasteiger partial charge in [-0.3, -0.25) is 9.59 Å². The number of hydrogen-bond acceptors (Lipinski definition) is 4. The lowest BCUT2D eigenvalue weighted by Crippen LogP contribution is -2.15. The summed E-state index contributed by atoms with van der Waals surface area (Å²) >= 11 is 0. The standard InChI is InChI=1S/C19H20N2O4/c1-2-24-16-6-4-3-5-14(16)20-19(23)12-13-7-8-17-15(11-13)21-18(22)9-10-25-17/h3-8,11H,2,9-10,12H2,1H3,(H,20,23)(H,21,22). The van der Waals surface area contributed by atoms with Gasteiger partial charge in [-0.2, -0.15) is 0 Å². The number of nitrogens with one attached hydrogen (secondary N) is 2. The van der Waals surface area contributed by atoms with Crippen LogP contribution in [0.4, 0.5) is 11.4 Å². The summed E-state index contributed by atoms with van der Waals surface area (Å²) in [6.07, 6.45) is 0.502. The maximum Gasteiger partial charge on any atom is 0.228 e. The Kier molecular flexibility index (Phi) is 5.18. The van der Waals surface area contributed by atoms with Gasteiger partial charge in [0.25, 0.3) is 0 Å². The maximum atomic E-state index is 12.4. The Hall–Kier alpha value is -3.02. The van der Waals surface area contributed by atoms with Crippen LogP contribution in [0.1, 0.15) is 18.9 Å². The number of carbonyl (C=O) groups is 2. The van der Waals surface area contributed by atoms with Gasteiger partial charge < -0.3 is 20.1 Å². The first-order valence-electron chi connectivity index (χ1n) is 8.23. The molecule has 2 amide bonds. The highest BCUT2D eigenvalue weighted by molar-refractivity contribution is 5.95. The van der Waals surface area contributed by atoms with Crippen molar-refractivity contribution in [1.82, 2.24) is 0 Å². The lowest BCUT2D eigenvalue weighted by Gasteiger charge is -2.12. The van der Waals surface area contributed by atoms with Crippen molar-refractivity contribution in [3.05, 3.63) is 48.0 Å². The Bertz CT molecular complexity index is 789. The van der Waals surface area contributed by atoms with E-state index in [9.17, 15) is 9.59 Å². The van der Waals surface area contributed by atoms with Crippen LogP contribution in [0.2, 0.25) is 0 Å². The second kappa shape index (κ2) is 7.70. The summed E-state index contributed by atoms with van der Waals surface area (Å²) in [5.41, 5.74) is 2.03. The first-order valence-corrected chi connectivity index (χ1v) is 8.23. The van der Waals surface area contributed by atoms with E-state index < -0.39 is 0 Å². The summed E-state index contributed by atoms with van der Waals surface area (Å²) < 4.78 is 11.0. The quantitative estimate of drug-likeness (QED) is 0.877. The normalized spacial score (nSPS) is 13.1. The number of anilines is 2. The third kappa shape index (κ3) is 4.29. The van der Waals surface area contributed by atoms with Gasteiger partial charge in [-0.25, -0.2) is 0 Å². The number of benzene rings is 2. The van der Waals surface area contributed by atoms with Gasteiger partial charge in [0.05, 0.1) is 37.4 Å². The Morgan fingerprint density at radius 1 is 1.28 bits per heavy atom. The third-order valence-corrected chi connectivity index (χ3v) is 3.73. The van der Waals surface area contributed by atoms with E-state index in [1.807, 2.05) is 31.2 Å². The van der Waals surface area contributed by atoms with Gasteiger partial charge in [-0.15, -0.1) is 0 Å². The molecular formula is C19H20N2O4. The van der Waals surface area contributed by atoms with Crippen molar-refractivity contribution in [3.63, 3.8) is 0 Å². The van der Waals surface area contributed by atoms with Crippen LogP contribution < -0.4 is 20.1 Å². The Morgan fingerprint density at radius 2 is 2.12 bits per heavy atom. The van der Waals surface area contributed by atoms with E-state index in [4.69, 9.17) is 9.47 Å². The van der Waals surface area contributed by atoms with Crippen molar-refractivity contribution >= 4 is 23.2 Å². The molecule has 0 bridgehead atoms. The number of para-hydroxylation sites is 2. The number of ether oxygens (including phenoxy) is 2. The average molecular weight is 340 g/mol. The molecular weight excluding hydrogens is 320 g/mol. The zero-order valence-electron chi connectivity index (χ0n) is 14.0. The van der Waals surface area contributed by atoms with Crippen LogP contribution in [0.5, 0.6) is 11.5 Å². The second-order valence-electron chi connectivity index (χ2n) is 5.63. The summed E-state index contributed by atoms with van der Waals surface area (Å²) in [6.45, 7) is 2.77. The van der Waals surface area contributed by atoms with Crippen LogP contribution in [0.25, 0.3) is 0 Å². The minimum Gasteiger partial charge on any atom is -0.492 e. The molecule has 1 heterocycles. The number of amides is 2. The van der Waals surface area contributed by atoms with Crippen molar-refractivity contribution in [2.75, 3.05) is 23.8 Å². The van der Waals surface area contributed by atoms with Crippen LogP contribution in [0.3, 0.4) is 0 Å². The van der Waals surface area contributed by atoms with E-state index in [-0.39, 0.29) is 18.2 Å². The summed E-state index contributed by atoms with van der Waals surface area (Å²) in [5, 5.41) is 5.66. The molecule has 6 heteroatoms. The van der Waals surface area contributed by atoms with Crippen molar-refractivity contribution in [1.29, 1.82) is 0 Å². The summed E-state index contributed by atoms with van der Waals surface area (Å²) in [7, 11) is 0. The van der Waals surface area contributed by atoms with E-state index in [2.05, 4.69) is 10.6 Å². The van der Waals surface area contributed by atoms with Crippen LogP contribution in [-0.4, -0.2) is 25.0 Å². The minimum atomic E-state index is -0.159. The molecule has 25 heavy (non-hydrogen) atoms. The highest BCUT2D eigenvalue weighted by atomic mass is 16.5. The molecule has 6 nitrogen and oxygen atoms in total. The van der Waals surface area contributed by atoms with E-state index >= 15 is 0 Å². The molecule has 1 aliphatic rings. The lowest BCUT2D eigenvalue weighted by molar-refractivity contribution is -0.116. The smallest absolute Gasteiger partial charge is 0.228 e. The second-order valence-corrected chi connectivity index (χ2v) is 5.63. The van der Waals surface area contributed by atoms with Gasteiger partial charge in [0.2, 0.25) is 11.8 Å². The van der Waals surface area contributed by atoms with Crippen LogP contribution >= 0.6 is 0 Å². The Morgan fingerprint density at radius 3 is 2.96 bits per heavy atom. The third-order valence-electron chi connectivity index (χ3n) is 3.73. The lowest BCUT2D eigenvalue weighted by atomic mass is 10.1. The topological polar surface area (TPSA) is 76.7 Å². The molecule has 0 saturated carbocycles. The number of hydrogen-bond donors (Lipinski definition) is 2. The predicted molar refractivity (Wildman–Crippen MR) is 95.1 cm³/mol. The van der Waals surface area contributed by atoms with Crippen molar-refractivity contribution in [2.45, 2.75) is 19.8 Å². The first-order chi connectivity index (χ1) is 12.2. The van der Waals surface area contributed by atoms with Crippen LogP contribution in [0.15, 0.2) is 42.5 Å². The van der Waals surface area contributed by atoms with Gasteiger partial charge in [-0.05, 0) is 36.8 Å². The molecule has 0 unspecified atom stereocenters. The van der Waals surface area contributed by atoms with Gasteiger partial charge in [0, 0.05) is 0 Å². The van der Waals surface area contributed by atoms with E-state index in [1.165, 1.54) is 0 Å². The van der Waals surface area contributed by atoms with Gasteiger partial charge >= 0.3 is 0 Å². The molecule has 0 saturated heterocycles. The largest absolute Gasteiger partial charge is 0.492 e. The molecule has 0 aliphatic carbocycles. The Labute approximate surface area is 146 Å². The molecule has 0 aromatic heterocycles. The fourth-order valence-corrected chi connectivity index (χ4v) is 2.61. The van der Waals surface area contributed by atoms with Crippen molar-refractivity contribution < 1.29 is 19.1 Å². The molecule has 2 N–H and O–H groups in total. The summed E-state index contributed by atoms with van der Waals surface area (Å²) in [6, 6.07) is 12.7. The van der Waals surface area contributed by atoms with Crippen LogP contribution in [0, 0.1) is 0 Å². The van der Waals surface area contributed by atoms with E-state index in [0.29, 0.717) is 42.5 Å². The zero-order chi connectivity index (χ0) is 17.6. The Balaban J connectivity index is 1.70. The molecule has 0 fully saturated rings. The molecule has 2 aromatic carbocycles. The number of carbonyl (C=O) groups excluding carboxylic acids is 2. The fourth-order valence-electron chi connectivity index (χ4n) is 2.61. The predicted octanol–water partition coefficient (Wildman–Crippen LogP) is 2.99. The number of fused-ring (bicyclic) bond motifs is 1. The maximum absolute atomic E-state index is 12.4. The minimum absolute atomic E-state index is 0.0917. The molecule has 1 aliphatic heterocycles. The molecule has 130 valence electrons. The summed E-state index contributed by atoms with van der Waals surface area (Å²) in [5.74, 6) is 1.01. The average Bonchev–Trinajstić information content (AvgIpc) is 2.77. The molecule has 2 aromatic rings. The SMILES string of the molecule is CCOc1ccccc1NC(=O)Cc1ccc2c(c1)NC(=O)CCO2. The monoisotopic (exact) mass is 340 g/mol. The molecule has 0 spiro atoms. The zero-order valence-corrected chi connectivity index (χ0v) is 14.0. The summed E-state index contributed by atoms with van der Waals surface area (Å²) in [4.78, 5) is 24.0. The first kappa shape index (κ1) is 16.8. The molecule has 0 radical (unpaired) electrons. The van der Waals surface area contributed by atoms with Gasteiger partial charge in [0.1, 0.15) is 11.5 Å². The van der Waals surface area contributed by atoms with Gasteiger partial charge in [-0.1, -0.05) is 18.2 Å². The van der Waals surface area contributed by atoms with Crippen molar-refractivity contribution in [2.24, 2.45) is 0 Å².